The lowest BCUT2D eigenvalue weighted by Gasteiger charge is -2.21. The van der Waals surface area contributed by atoms with Crippen molar-refractivity contribution < 1.29 is 4.79 Å². The number of rotatable bonds is 2. The summed E-state index contributed by atoms with van der Waals surface area (Å²) < 4.78 is 0. The van der Waals surface area contributed by atoms with E-state index in [1.54, 1.807) is 11.3 Å². The zero-order valence-electron chi connectivity index (χ0n) is 7.75. The molecule has 2 rings (SSSR count). The fourth-order valence-corrected chi connectivity index (χ4v) is 2.92. The van der Waals surface area contributed by atoms with Crippen molar-refractivity contribution in [2.75, 3.05) is 6.54 Å². The van der Waals surface area contributed by atoms with Gasteiger partial charge in [-0.3, -0.25) is 4.79 Å². The molecule has 0 aromatic carbocycles. The summed E-state index contributed by atoms with van der Waals surface area (Å²) in [6.45, 7) is 0.827. The Hall–Kier alpha value is -0.540. The minimum Gasteiger partial charge on any atom is -0.356 e. The highest BCUT2D eigenvalue weighted by atomic mass is 35.5. The first-order chi connectivity index (χ1) is 6.77. The second-order valence-corrected chi connectivity index (χ2v) is 4.93. The van der Waals surface area contributed by atoms with Crippen molar-refractivity contribution in [2.45, 2.75) is 19.3 Å². The van der Waals surface area contributed by atoms with Gasteiger partial charge in [0, 0.05) is 17.3 Å². The summed E-state index contributed by atoms with van der Waals surface area (Å²) in [5.41, 5.74) is 0. The average Bonchev–Trinajstić information content (AvgIpc) is 2.56. The van der Waals surface area contributed by atoms with E-state index in [1.807, 2.05) is 11.4 Å². The van der Waals surface area contributed by atoms with E-state index in [1.165, 1.54) is 0 Å². The summed E-state index contributed by atoms with van der Waals surface area (Å²) in [7, 11) is 0. The van der Waals surface area contributed by atoms with Crippen LogP contribution in [0.15, 0.2) is 11.4 Å². The molecule has 2 nitrogen and oxygen atoms in total. The van der Waals surface area contributed by atoms with E-state index in [0.29, 0.717) is 0 Å². The van der Waals surface area contributed by atoms with Gasteiger partial charge < -0.3 is 5.32 Å². The lowest BCUT2D eigenvalue weighted by atomic mass is 9.95. The van der Waals surface area contributed by atoms with Gasteiger partial charge in [0.05, 0.1) is 5.02 Å². The number of thiophene rings is 1. The van der Waals surface area contributed by atoms with Crippen molar-refractivity contribution in [1.29, 1.82) is 0 Å². The SMILES string of the molecule is O=C1NCCCC1Cc1sccc1Cl. The summed E-state index contributed by atoms with van der Waals surface area (Å²) in [5.74, 6) is 0.306. The lowest BCUT2D eigenvalue weighted by molar-refractivity contribution is -0.126. The van der Waals surface area contributed by atoms with Crippen LogP contribution >= 0.6 is 22.9 Å². The molecule has 1 aliphatic heterocycles. The summed E-state index contributed by atoms with van der Waals surface area (Å²) in [6.07, 6.45) is 2.86. The summed E-state index contributed by atoms with van der Waals surface area (Å²) >= 11 is 7.62. The molecule has 76 valence electrons. The Labute approximate surface area is 92.3 Å². The normalized spacial score (nSPS) is 22.1. The maximum atomic E-state index is 11.5. The van der Waals surface area contributed by atoms with E-state index in [9.17, 15) is 4.79 Å². The van der Waals surface area contributed by atoms with Crippen LogP contribution in [-0.2, 0) is 11.2 Å². The molecule has 2 heterocycles. The molecule has 0 radical (unpaired) electrons. The van der Waals surface area contributed by atoms with Crippen LogP contribution in [-0.4, -0.2) is 12.5 Å². The van der Waals surface area contributed by atoms with Gasteiger partial charge in [-0.15, -0.1) is 11.3 Å². The van der Waals surface area contributed by atoms with E-state index in [4.69, 9.17) is 11.6 Å². The van der Waals surface area contributed by atoms with Crippen molar-refractivity contribution in [1.82, 2.24) is 5.32 Å². The monoisotopic (exact) mass is 229 g/mol. The van der Waals surface area contributed by atoms with Crippen LogP contribution in [0, 0.1) is 5.92 Å². The van der Waals surface area contributed by atoms with E-state index < -0.39 is 0 Å². The second-order valence-electron chi connectivity index (χ2n) is 3.53. The van der Waals surface area contributed by atoms with Crippen molar-refractivity contribution in [3.05, 3.63) is 21.3 Å². The lowest BCUT2D eigenvalue weighted by Crippen LogP contribution is -2.37. The van der Waals surface area contributed by atoms with Gasteiger partial charge in [-0.05, 0) is 30.7 Å². The Morgan fingerprint density at radius 1 is 1.64 bits per heavy atom. The maximum absolute atomic E-state index is 11.5. The van der Waals surface area contributed by atoms with Gasteiger partial charge in [0.15, 0.2) is 0 Å². The zero-order valence-corrected chi connectivity index (χ0v) is 9.33. The third kappa shape index (κ3) is 2.10. The highest BCUT2D eigenvalue weighted by molar-refractivity contribution is 7.10. The van der Waals surface area contributed by atoms with Crippen LogP contribution in [0.1, 0.15) is 17.7 Å². The molecule has 1 aromatic heterocycles. The molecule has 4 heteroatoms. The molecule has 0 bridgehead atoms. The van der Waals surface area contributed by atoms with Crippen LogP contribution in [0.2, 0.25) is 5.02 Å². The minimum absolute atomic E-state index is 0.125. The van der Waals surface area contributed by atoms with Gasteiger partial charge in [-0.25, -0.2) is 0 Å². The van der Waals surface area contributed by atoms with E-state index in [2.05, 4.69) is 5.32 Å². The molecule has 1 amide bonds. The molecule has 1 fully saturated rings. The summed E-state index contributed by atoms with van der Waals surface area (Å²) in [6, 6.07) is 1.89. The quantitative estimate of drug-likeness (QED) is 0.830. The van der Waals surface area contributed by atoms with Crippen LogP contribution in [0.25, 0.3) is 0 Å². The molecule has 1 atom stereocenters. The first-order valence-electron chi connectivity index (χ1n) is 4.77. The predicted octanol–water partition coefficient (Wildman–Crippen LogP) is 2.47. The Balaban J connectivity index is 2.03. The largest absolute Gasteiger partial charge is 0.356 e. The minimum atomic E-state index is 0.125. The average molecular weight is 230 g/mol. The smallest absolute Gasteiger partial charge is 0.223 e. The number of amides is 1. The Bertz CT molecular complexity index is 337. The number of hydrogen-bond acceptors (Lipinski definition) is 2. The van der Waals surface area contributed by atoms with Crippen molar-refractivity contribution >= 4 is 28.8 Å². The second kappa shape index (κ2) is 4.32. The maximum Gasteiger partial charge on any atom is 0.223 e. The van der Waals surface area contributed by atoms with Gasteiger partial charge in [0.2, 0.25) is 5.91 Å². The van der Waals surface area contributed by atoms with Gasteiger partial charge in [0.25, 0.3) is 0 Å². The number of hydrogen-bond donors (Lipinski definition) is 1. The first kappa shape index (κ1) is 9.99. The topological polar surface area (TPSA) is 29.1 Å². The molecule has 1 aliphatic rings. The van der Waals surface area contributed by atoms with Gasteiger partial charge in [0.1, 0.15) is 0 Å². The van der Waals surface area contributed by atoms with E-state index >= 15 is 0 Å². The molecule has 14 heavy (non-hydrogen) atoms. The molecule has 1 aromatic rings. The fourth-order valence-electron chi connectivity index (χ4n) is 1.72. The molecule has 0 spiro atoms. The number of carbonyl (C=O) groups excluding carboxylic acids is 1. The van der Waals surface area contributed by atoms with Gasteiger partial charge in [-0.1, -0.05) is 11.6 Å². The number of nitrogens with one attached hydrogen (secondary N) is 1. The van der Waals surface area contributed by atoms with Gasteiger partial charge in [-0.2, -0.15) is 0 Å². The highest BCUT2D eigenvalue weighted by Crippen LogP contribution is 2.27. The van der Waals surface area contributed by atoms with E-state index in [-0.39, 0.29) is 11.8 Å². The number of carbonyl (C=O) groups is 1. The third-order valence-electron chi connectivity index (χ3n) is 2.52. The van der Waals surface area contributed by atoms with Crippen LogP contribution in [0.5, 0.6) is 0 Å². The molecule has 1 N–H and O–H groups in total. The van der Waals surface area contributed by atoms with Crippen LogP contribution in [0.4, 0.5) is 0 Å². The highest BCUT2D eigenvalue weighted by Gasteiger charge is 2.23. The summed E-state index contributed by atoms with van der Waals surface area (Å²) in [5, 5.41) is 5.66. The summed E-state index contributed by atoms with van der Waals surface area (Å²) in [4.78, 5) is 12.6. The van der Waals surface area contributed by atoms with Crippen molar-refractivity contribution in [3.63, 3.8) is 0 Å². The van der Waals surface area contributed by atoms with Crippen molar-refractivity contribution in [3.8, 4) is 0 Å². The Kier molecular flexibility index (Phi) is 3.08. The first-order valence-corrected chi connectivity index (χ1v) is 6.02. The molecule has 1 unspecified atom stereocenters. The standard InChI is InChI=1S/C10H12ClNOS/c11-8-3-5-14-9(8)6-7-2-1-4-12-10(7)13/h3,5,7H,1-2,4,6H2,(H,12,13). The number of halogens is 1. The molecule has 0 aliphatic carbocycles. The zero-order chi connectivity index (χ0) is 9.97. The molecule has 1 saturated heterocycles. The molecule has 0 saturated carbocycles. The van der Waals surface area contributed by atoms with E-state index in [0.717, 1.165) is 35.7 Å². The third-order valence-corrected chi connectivity index (χ3v) is 3.93. The fraction of sp³-hybridized carbons (Fsp3) is 0.500. The number of piperidine rings is 1. The van der Waals surface area contributed by atoms with Crippen LogP contribution in [0.3, 0.4) is 0 Å². The molecular weight excluding hydrogens is 218 g/mol. The Morgan fingerprint density at radius 3 is 3.14 bits per heavy atom. The van der Waals surface area contributed by atoms with Crippen molar-refractivity contribution in [2.24, 2.45) is 5.92 Å². The Morgan fingerprint density at radius 2 is 2.50 bits per heavy atom. The molecular formula is C10H12ClNOS. The predicted molar refractivity (Wildman–Crippen MR) is 58.8 cm³/mol. The van der Waals surface area contributed by atoms with Crippen LogP contribution < -0.4 is 5.32 Å². The van der Waals surface area contributed by atoms with Gasteiger partial charge >= 0.3 is 0 Å².